The standard InChI is InChI=1S/C38H70N12O7/c1-24(2)22-29(49-32(53)28(19-13-21-44-35(41)42)50-37(55)57-38(3,4)5)33(54)48-27(18-12-20-43-34(39)40)31(52)45-23-30(51)56-36(46-25-14-8-6-9-15-25)47-26-16-10-7-11-17-26/h24-29H,6-23H2,1-5H3,(H,45,52)(H,46,47)(H,48,54)(H,49,53)(H,50,55)(H4,39,40,43)(H4,41,42,44)/t27-,28-,29+/m0/s1. The van der Waals surface area contributed by atoms with Crippen LogP contribution in [0.3, 0.4) is 0 Å². The van der Waals surface area contributed by atoms with Gasteiger partial charge in [-0.2, -0.15) is 0 Å². The van der Waals surface area contributed by atoms with Crippen LogP contribution < -0.4 is 48.7 Å². The van der Waals surface area contributed by atoms with Crippen molar-refractivity contribution in [3.63, 3.8) is 0 Å². The molecule has 19 nitrogen and oxygen atoms in total. The highest BCUT2D eigenvalue weighted by molar-refractivity contribution is 5.95. The van der Waals surface area contributed by atoms with Crippen LogP contribution in [0.25, 0.3) is 0 Å². The summed E-state index contributed by atoms with van der Waals surface area (Å²) in [5.41, 5.74) is 9.97. The van der Waals surface area contributed by atoms with E-state index in [1.165, 1.54) is 6.42 Å². The lowest BCUT2D eigenvalue weighted by Crippen LogP contribution is -2.57. The second-order valence-electron chi connectivity index (χ2n) is 16.3. The maximum Gasteiger partial charge on any atom is 0.408 e. The number of ether oxygens (including phenoxy) is 2. The molecule has 0 unspecified atom stereocenters. The number of rotatable bonds is 20. The number of aliphatic imine (C=N–C) groups is 1. The van der Waals surface area contributed by atoms with Crippen molar-refractivity contribution in [1.82, 2.24) is 37.2 Å². The maximum absolute atomic E-state index is 13.8. The number of alkyl carbamates (subject to hydrolysis) is 1. The number of carbonyl (C=O) groups excluding carboxylic acids is 5. The van der Waals surface area contributed by atoms with Gasteiger partial charge < -0.3 is 58.2 Å². The molecule has 0 aromatic carbocycles. The van der Waals surface area contributed by atoms with Crippen LogP contribution in [0, 0.1) is 16.7 Å². The van der Waals surface area contributed by atoms with E-state index in [-0.39, 0.29) is 68.3 Å². The molecular formula is C38H70N12O7. The summed E-state index contributed by atoms with van der Waals surface area (Å²) in [4.78, 5) is 71.6. The third-order valence-electron chi connectivity index (χ3n) is 9.38. The first-order valence-corrected chi connectivity index (χ1v) is 20.5. The van der Waals surface area contributed by atoms with Gasteiger partial charge in [-0.05, 0) is 84.5 Å². The van der Waals surface area contributed by atoms with Gasteiger partial charge in [0.05, 0.1) is 6.04 Å². The molecule has 2 fully saturated rings. The summed E-state index contributed by atoms with van der Waals surface area (Å²) in [6.45, 7) is 8.83. The maximum atomic E-state index is 13.8. The van der Waals surface area contributed by atoms with E-state index in [9.17, 15) is 24.0 Å². The van der Waals surface area contributed by atoms with Gasteiger partial charge in [-0.3, -0.25) is 25.2 Å². The van der Waals surface area contributed by atoms with Gasteiger partial charge in [0, 0.05) is 19.1 Å². The fraction of sp³-hybridized carbons (Fsp3) is 0.789. The number of hydrogen-bond donors (Lipinski definition) is 11. The van der Waals surface area contributed by atoms with Crippen LogP contribution in [0.1, 0.15) is 131 Å². The quantitative estimate of drug-likeness (QED) is 0.0363. The summed E-state index contributed by atoms with van der Waals surface area (Å²) in [5.74, 6) is -3.20. The highest BCUT2D eigenvalue weighted by Crippen LogP contribution is 2.21. The number of nitrogens with zero attached hydrogens (tertiary/aromatic N) is 1. The largest absolute Gasteiger partial charge is 0.444 e. The monoisotopic (exact) mass is 807 g/mol. The fourth-order valence-corrected chi connectivity index (χ4v) is 6.61. The Morgan fingerprint density at radius 3 is 1.75 bits per heavy atom. The van der Waals surface area contributed by atoms with E-state index in [1.54, 1.807) is 20.8 Å². The first-order chi connectivity index (χ1) is 26.9. The van der Waals surface area contributed by atoms with Crippen LogP contribution in [0.5, 0.6) is 0 Å². The Balaban J connectivity index is 2.18. The van der Waals surface area contributed by atoms with Gasteiger partial charge >= 0.3 is 12.1 Å². The van der Waals surface area contributed by atoms with Crippen LogP contribution in [0.15, 0.2) is 4.99 Å². The highest BCUT2D eigenvalue weighted by atomic mass is 16.6. The topological polar surface area (TPSA) is 300 Å². The molecule has 2 saturated carbocycles. The van der Waals surface area contributed by atoms with Crippen molar-refractivity contribution < 1.29 is 33.4 Å². The average molecular weight is 807 g/mol. The summed E-state index contributed by atoms with van der Waals surface area (Å²) in [5, 5.41) is 34.1. The lowest BCUT2D eigenvalue weighted by Gasteiger charge is -2.27. The van der Waals surface area contributed by atoms with Crippen molar-refractivity contribution in [3.05, 3.63) is 0 Å². The Morgan fingerprint density at radius 2 is 1.23 bits per heavy atom. The highest BCUT2D eigenvalue weighted by Gasteiger charge is 2.31. The second-order valence-corrected chi connectivity index (χ2v) is 16.3. The Kier molecular flexibility index (Phi) is 21.5. The summed E-state index contributed by atoms with van der Waals surface area (Å²) < 4.78 is 11.0. The minimum atomic E-state index is -1.13. The zero-order valence-corrected chi connectivity index (χ0v) is 34.7. The zero-order chi connectivity index (χ0) is 42.4. The van der Waals surface area contributed by atoms with Gasteiger partial charge in [-0.1, -0.05) is 52.4 Å². The van der Waals surface area contributed by atoms with Crippen LogP contribution in [-0.4, -0.2) is 103 Å². The molecule has 324 valence electrons. The smallest absolute Gasteiger partial charge is 0.408 e. The SMILES string of the molecule is CC(C)C[C@@H](NC(=O)[C@H](CCCNC(=N)N)NC(=O)OC(C)(C)C)C(=O)N[C@@H](CCCNC(=N)N)C(=O)NCC(=O)O/C(=N\C1CCCCC1)NC1CCCCC1. The number of esters is 1. The molecule has 0 radical (unpaired) electrons. The predicted molar refractivity (Wildman–Crippen MR) is 218 cm³/mol. The lowest BCUT2D eigenvalue weighted by molar-refractivity contribution is -0.138. The molecule has 0 aliphatic heterocycles. The third-order valence-corrected chi connectivity index (χ3v) is 9.38. The molecule has 4 amide bonds. The number of nitrogens with one attached hydrogen (secondary N) is 9. The zero-order valence-electron chi connectivity index (χ0n) is 34.7. The van der Waals surface area contributed by atoms with E-state index < -0.39 is 60.1 Å². The molecule has 0 saturated heterocycles. The number of amides is 4. The number of guanidine groups is 2. The molecule has 3 atom stereocenters. The molecule has 2 aliphatic rings. The molecule has 2 aliphatic carbocycles. The third kappa shape index (κ3) is 21.9. The number of hydrogen-bond acceptors (Lipinski definition) is 10. The first-order valence-electron chi connectivity index (χ1n) is 20.5. The van der Waals surface area contributed by atoms with Gasteiger partial charge in [0.25, 0.3) is 6.02 Å². The Morgan fingerprint density at radius 1 is 0.719 bits per heavy atom. The number of carbonyl (C=O) groups is 5. The van der Waals surface area contributed by atoms with Crippen molar-refractivity contribution >= 4 is 47.7 Å². The van der Waals surface area contributed by atoms with Gasteiger partial charge in [-0.25, -0.2) is 14.6 Å². The van der Waals surface area contributed by atoms with E-state index in [0.29, 0.717) is 12.8 Å². The van der Waals surface area contributed by atoms with E-state index in [4.69, 9.17) is 36.8 Å². The molecule has 2 rings (SSSR count). The van der Waals surface area contributed by atoms with Crippen molar-refractivity contribution in [3.8, 4) is 0 Å². The van der Waals surface area contributed by atoms with Crippen LogP contribution in [0.4, 0.5) is 4.79 Å². The van der Waals surface area contributed by atoms with Gasteiger partial charge in [0.2, 0.25) is 17.7 Å². The molecular weight excluding hydrogens is 736 g/mol. The van der Waals surface area contributed by atoms with Crippen molar-refractivity contribution in [2.45, 2.75) is 167 Å². The Hall–Kier alpha value is -4.84. The van der Waals surface area contributed by atoms with E-state index in [0.717, 1.165) is 57.8 Å². The van der Waals surface area contributed by atoms with Crippen molar-refractivity contribution in [2.75, 3.05) is 19.6 Å². The number of nitrogens with two attached hydrogens (primary N) is 2. The summed E-state index contributed by atoms with van der Waals surface area (Å²) >= 11 is 0. The molecule has 57 heavy (non-hydrogen) atoms. The minimum absolute atomic E-state index is 0.0572. The lowest BCUT2D eigenvalue weighted by atomic mass is 9.95. The van der Waals surface area contributed by atoms with Gasteiger partial charge in [0.15, 0.2) is 11.9 Å². The van der Waals surface area contributed by atoms with E-state index >= 15 is 0 Å². The molecule has 0 spiro atoms. The minimum Gasteiger partial charge on any atom is -0.444 e. The van der Waals surface area contributed by atoms with Gasteiger partial charge in [0.1, 0.15) is 30.3 Å². The molecule has 0 heterocycles. The second kappa shape index (κ2) is 25.4. The van der Waals surface area contributed by atoms with Crippen LogP contribution >= 0.6 is 0 Å². The van der Waals surface area contributed by atoms with Crippen molar-refractivity contribution in [2.24, 2.45) is 22.4 Å². The van der Waals surface area contributed by atoms with Crippen LogP contribution in [0.2, 0.25) is 0 Å². The summed E-state index contributed by atoms with van der Waals surface area (Å²) in [6, 6.07) is -2.95. The average Bonchev–Trinajstić information content (AvgIpc) is 3.12. The first kappa shape index (κ1) is 48.3. The molecule has 0 aromatic rings. The molecule has 13 N–H and O–H groups in total. The van der Waals surface area contributed by atoms with E-state index in [1.807, 2.05) is 13.8 Å². The van der Waals surface area contributed by atoms with E-state index in [2.05, 4.69) is 37.2 Å². The Labute approximate surface area is 337 Å². The van der Waals surface area contributed by atoms with Crippen LogP contribution in [-0.2, 0) is 28.7 Å². The van der Waals surface area contributed by atoms with Gasteiger partial charge in [-0.15, -0.1) is 0 Å². The summed E-state index contributed by atoms with van der Waals surface area (Å²) in [6.07, 6.45) is 10.7. The van der Waals surface area contributed by atoms with Crippen molar-refractivity contribution in [1.29, 1.82) is 10.8 Å². The summed E-state index contributed by atoms with van der Waals surface area (Å²) in [7, 11) is 0. The number of amidine groups is 1. The molecule has 0 aromatic heterocycles. The Bertz CT molecular complexity index is 1360. The normalized spacial score (nSPS) is 16.9. The predicted octanol–water partition coefficient (Wildman–Crippen LogP) is 1.69. The molecule has 19 heteroatoms. The fourth-order valence-electron chi connectivity index (χ4n) is 6.61. The molecule has 0 bridgehead atoms.